The Morgan fingerprint density at radius 3 is 2.95 bits per heavy atom. The van der Waals surface area contributed by atoms with Gasteiger partial charge < -0.3 is 19.9 Å². The van der Waals surface area contributed by atoms with Crippen LogP contribution in [0, 0.1) is 0 Å². The summed E-state index contributed by atoms with van der Waals surface area (Å²) < 4.78 is 16.8. The number of carbonyl (C=O) groups excluding carboxylic acids is 1. The summed E-state index contributed by atoms with van der Waals surface area (Å²) in [4.78, 5) is 13.7. The third kappa shape index (κ3) is 2.82. The van der Waals surface area contributed by atoms with Gasteiger partial charge in [0, 0.05) is 18.7 Å². The predicted molar refractivity (Wildman–Crippen MR) is 76.2 cm³/mol. The molecule has 6 heteroatoms. The third-order valence-electron chi connectivity index (χ3n) is 3.91. The van der Waals surface area contributed by atoms with Crippen LogP contribution in [0.2, 0.25) is 0 Å². The number of carbonyl (C=O) groups is 1. The maximum Gasteiger partial charge on any atom is 0.237 e. The van der Waals surface area contributed by atoms with Crippen molar-refractivity contribution >= 4 is 5.91 Å². The lowest BCUT2D eigenvalue weighted by Gasteiger charge is -2.38. The Labute approximate surface area is 123 Å². The molecule has 2 atom stereocenters. The molecule has 0 aromatic heterocycles. The summed E-state index contributed by atoms with van der Waals surface area (Å²) in [5.41, 5.74) is 6.53. The van der Waals surface area contributed by atoms with Gasteiger partial charge in [-0.05, 0) is 13.0 Å². The standard InChI is InChI=1S/C15H20N2O4/c1-10-13(15(16)18)17(5-6-19-10)9-11-3-2-4-12-14(11)21-8-7-20-12/h2-4,10,13H,5-9H2,1H3,(H2,16,18)/t10-,13+/m1/s1. The van der Waals surface area contributed by atoms with E-state index in [1.807, 2.05) is 30.0 Å². The van der Waals surface area contributed by atoms with E-state index >= 15 is 0 Å². The van der Waals surface area contributed by atoms with Crippen molar-refractivity contribution < 1.29 is 19.0 Å². The minimum absolute atomic E-state index is 0.201. The van der Waals surface area contributed by atoms with Gasteiger partial charge in [0.15, 0.2) is 11.5 Å². The van der Waals surface area contributed by atoms with Crippen LogP contribution < -0.4 is 15.2 Å². The first-order valence-electron chi connectivity index (χ1n) is 7.19. The molecule has 2 N–H and O–H groups in total. The average molecular weight is 292 g/mol. The highest BCUT2D eigenvalue weighted by Gasteiger charge is 2.34. The summed E-state index contributed by atoms with van der Waals surface area (Å²) in [6.45, 7) is 4.84. The molecule has 0 radical (unpaired) electrons. The summed E-state index contributed by atoms with van der Waals surface area (Å²) in [7, 11) is 0. The van der Waals surface area contributed by atoms with Crippen LogP contribution in [0.1, 0.15) is 12.5 Å². The Morgan fingerprint density at radius 1 is 1.33 bits per heavy atom. The number of nitrogens with two attached hydrogens (primary N) is 1. The first-order chi connectivity index (χ1) is 10.2. The lowest BCUT2D eigenvalue weighted by atomic mass is 10.1. The number of fused-ring (bicyclic) bond motifs is 1. The third-order valence-corrected chi connectivity index (χ3v) is 3.91. The van der Waals surface area contributed by atoms with E-state index in [9.17, 15) is 4.79 Å². The molecule has 1 saturated heterocycles. The summed E-state index contributed by atoms with van der Waals surface area (Å²) in [6.07, 6.45) is -0.201. The van der Waals surface area contributed by atoms with E-state index in [0.29, 0.717) is 32.9 Å². The van der Waals surface area contributed by atoms with E-state index in [1.165, 1.54) is 0 Å². The van der Waals surface area contributed by atoms with Crippen LogP contribution in [-0.2, 0) is 16.1 Å². The molecular weight excluding hydrogens is 272 g/mol. The number of amides is 1. The first-order valence-corrected chi connectivity index (χ1v) is 7.19. The van der Waals surface area contributed by atoms with Crippen molar-refractivity contribution in [1.29, 1.82) is 0 Å². The van der Waals surface area contributed by atoms with Gasteiger partial charge in [0.1, 0.15) is 19.3 Å². The SMILES string of the molecule is C[C@H]1OCCN(Cc2cccc3c2OCCO3)[C@@H]1C(N)=O. The Hall–Kier alpha value is -1.79. The van der Waals surface area contributed by atoms with Crippen molar-refractivity contribution in [2.45, 2.75) is 25.6 Å². The van der Waals surface area contributed by atoms with Gasteiger partial charge in [-0.15, -0.1) is 0 Å². The lowest BCUT2D eigenvalue weighted by Crippen LogP contribution is -2.56. The topological polar surface area (TPSA) is 74.0 Å². The van der Waals surface area contributed by atoms with Crippen LogP contribution in [-0.4, -0.2) is 49.3 Å². The second-order valence-electron chi connectivity index (χ2n) is 5.33. The fraction of sp³-hybridized carbons (Fsp3) is 0.533. The summed E-state index contributed by atoms with van der Waals surface area (Å²) in [5.74, 6) is 1.17. The molecule has 2 heterocycles. The summed E-state index contributed by atoms with van der Waals surface area (Å²) in [5, 5.41) is 0. The molecule has 6 nitrogen and oxygen atoms in total. The molecule has 1 fully saturated rings. The van der Waals surface area contributed by atoms with Gasteiger partial charge in [-0.1, -0.05) is 12.1 Å². The molecule has 114 valence electrons. The highest BCUT2D eigenvalue weighted by atomic mass is 16.6. The van der Waals surface area contributed by atoms with E-state index in [2.05, 4.69) is 0 Å². The van der Waals surface area contributed by atoms with Crippen molar-refractivity contribution in [2.75, 3.05) is 26.4 Å². The van der Waals surface area contributed by atoms with Crippen molar-refractivity contribution in [3.8, 4) is 11.5 Å². The molecule has 3 rings (SSSR count). The van der Waals surface area contributed by atoms with Crippen LogP contribution >= 0.6 is 0 Å². The second kappa shape index (κ2) is 5.91. The van der Waals surface area contributed by atoms with Crippen LogP contribution in [0.5, 0.6) is 11.5 Å². The van der Waals surface area contributed by atoms with Gasteiger partial charge in [-0.25, -0.2) is 0 Å². The van der Waals surface area contributed by atoms with E-state index in [-0.39, 0.29) is 12.0 Å². The van der Waals surface area contributed by atoms with Gasteiger partial charge in [-0.3, -0.25) is 9.69 Å². The highest BCUT2D eigenvalue weighted by Crippen LogP contribution is 2.34. The predicted octanol–water partition coefficient (Wildman–Crippen LogP) is 0.532. The minimum atomic E-state index is -0.417. The van der Waals surface area contributed by atoms with E-state index in [1.54, 1.807) is 0 Å². The maximum absolute atomic E-state index is 11.7. The summed E-state index contributed by atoms with van der Waals surface area (Å²) in [6, 6.07) is 5.41. The normalized spacial score (nSPS) is 25.6. The molecule has 0 saturated carbocycles. The van der Waals surface area contributed by atoms with Crippen molar-refractivity contribution in [3.05, 3.63) is 23.8 Å². The average Bonchev–Trinajstić information content (AvgIpc) is 2.47. The highest BCUT2D eigenvalue weighted by molar-refractivity contribution is 5.80. The monoisotopic (exact) mass is 292 g/mol. The minimum Gasteiger partial charge on any atom is -0.486 e. The van der Waals surface area contributed by atoms with Gasteiger partial charge in [0.25, 0.3) is 0 Å². The number of para-hydroxylation sites is 1. The quantitative estimate of drug-likeness (QED) is 0.880. The fourth-order valence-corrected chi connectivity index (χ4v) is 2.95. The van der Waals surface area contributed by atoms with Gasteiger partial charge in [-0.2, -0.15) is 0 Å². The van der Waals surface area contributed by atoms with Gasteiger partial charge in [0.2, 0.25) is 5.91 Å². The van der Waals surface area contributed by atoms with Crippen molar-refractivity contribution in [2.24, 2.45) is 5.73 Å². The molecule has 1 aromatic rings. The molecular formula is C15H20N2O4. The zero-order chi connectivity index (χ0) is 14.8. The fourth-order valence-electron chi connectivity index (χ4n) is 2.95. The zero-order valence-electron chi connectivity index (χ0n) is 12.1. The maximum atomic E-state index is 11.7. The molecule has 2 aliphatic heterocycles. The zero-order valence-corrected chi connectivity index (χ0v) is 12.1. The number of rotatable bonds is 3. The molecule has 1 aromatic carbocycles. The van der Waals surface area contributed by atoms with Crippen LogP contribution in [0.3, 0.4) is 0 Å². The Morgan fingerprint density at radius 2 is 2.14 bits per heavy atom. The molecule has 0 unspecified atom stereocenters. The number of ether oxygens (including phenoxy) is 3. The van der Waals surface area contributed by atoms with Crippen molar-refractivity contribution in [1.82, 2.24) is 4.90 Å². The molecule has 0 bridgehead atoms. The number of benzene rings is 1. The van der Waals surface area contributed by atoms with Crippen LogP contribution in [0.25, 0.3) is 0 Å². The molecule has 2 aliphatic rings. The Bertz CT molecular complexity index is 534. The van der Waals surface area contributed by atoms with E-state index in [0.717, 1.165) is 17.1 Å². The Balaban J connectivity index is 1.83. The van der Waals surface area contributed by atoms with Crippen LogP contribution in [0.4, 0.5) is 0 Å². The number of primary amides is 1. The first kappa shape index (κ1) is 14.2. The number of hydrogen-bond acceptors (Lipinski definition) is 5. The van der Waals surface area contributed by atoms with E-state index < -0.39 is 6.04 Å². The number of hydrogen-bond donors (Lipinski definition) is 1. The smallest absolute Gasteiger partial charge is 0.237 e. The molecule has 0 spiro atoms. The second-order valence-corrected chi connectivity index (χ2v) is 5.33. The molecule has 0 aliphatic carbocycles. The van der Waals surface area contributed by atoms with Crippen molar-refractivity contribution in [3.63, 3.8) is 0 Å². The number of nitrogens with zero attached hydrogens (tertiary/aromatic N) is 1. The lowest BCUT2D eigenvalue weighted by molar-refractivity contribution is -0.136. The van der Waals surface area contributed by atoms with E-state index in [4.69, 9.17) is 19.9 Å². The van der Waals surface area contributed by atoms with Gasteiger partial charge in [0.05, 0.1) is 12.7 Å². The molecule has 1 amide bonds. The van der Waals surface area contributed by atoms with Gasteiger partial charge >= 0.3 is 0 Å². The largest absolute Gasteiger partial charge is 0.486 e. The number of morpholine rings is 1. The Kier molecular flexibility index (Phi) is 3.98. The van der Waals surface area contributed by atoms with Crippen LogP contribution in [0.15, 0.2) is 18.2 Å². The molecule has 21 heavy (non-hydrogen) atoms. The summed E-state index contributed by atoms with van der Waals surface area (Å²) >= 11 is 0.